The van der Waals surface area contributed by atoms with Crippen molar-refractivity contribution < 1.29 is 22.7 Å². The van der Waals surface area contributed by atoms with Crippen molar-refractivity contribution in [3.05, 3.63) is 53.9 Å². The van der Waals surface area contributed by atoms with Crippen LogP contribution in [0.3, 0.4) is 0 Å². The highest BCUT2D eigenvalue weighted by molar-refractivity contribution is 5.92. The van der Waals surface area contributed by atoms with Crippen molar-refractivity contribution in [1.82, 2.24) is 10.3 Å². The summed E-state index contributed by atoms with van der Waals surface area (Å²) in [6.07, 6.45) is -0.767. The first-order valence-corrected chi connectivity index (χ1v) is 8.22. The van der Waals surface area contributed by atoms with Gasteiger partial charge in [0.2, 0.25) is 0 Å². The molecule has 1 saturated carbocycles. The monoisotopic (exact) mass is 365 g/mol. The molecule has 1 aromatic carbocycles. The lowest BCUT2D eigenvalue weighted by Gasteiger charge is -2.10. The van der Waals surface area contributed by atoms with Crippen LogP contribution in [0.5, 0.6) is 5.75 Å². The molecule has 26 heavy (non-hydrogen) atoms. The lowest BCUT2D eigenvalue weighted by Crippen LogP contribution is -2.26. The van der Waals surface area contributed by atoms with E-state index in [4.69, 9.17) is 0 Å². The molecule has 1 aliphatic carbocycles. The van der Waals surface area contributed by atoms with Crippen LogP contribution in [0.15, 0.2) is 42.6 Å². The minimum atomic E-state index is -4.70. The molecule has 0 spiro atoms. The van der Waals surface area contributed by atoms with Gasteiger partial charge in [0.15, 0.2) is 0 Å². The van der Waals surface area contributed by atoms with Crippen LogP contribution in [-0.4, -0.2) is 23.8 Å². The fraction of sp³-hybridized carbons (Fsp3) is 0.333. The molecule has 2 aromatic rings. The van der Waals surface area contributed by atoms with Crippen molar-refractivity contribution in [2.24, 2.45) is 5.92 Å². The van der Waals surface area contributed by atoms with Gasteiger partial charge in [-0.25, -0.2) is 0 Å². The molecule has 1 fully saturated rings. The Hall–Kier alpha value is -2.77. The van der Waals surface area contributed by atoms with Crippen molar-refractivity contribution in [2.45, 2.75) is 25.7 Å². The summed E-state index contributed by atoms with van der Waals surface area (Å²) in [5.74, 6) is 0.151. The van der Waals surface area contributed by atoms with Gasteiger partial charge in [-0.2, -0.15) is 0 Å². The minimum Gasteiger partial charge on any atom is -0.406 e. The van der Waals surface area contributed by atoms with Gasteiger partial charge in [-0.05, 0) is 54.7 Å². The van der Waals surface area contributed by atoms with Crippen LogP contribution < -0.4 is 15.4 Å². The highest BCUT2D eigenvalue weighted by atomic mass is 19.4. The lowest BCUT2D eigenvalue weighted by molar-refractivity contribution is -0.274. The smallest absolute Gasteiger partial charge is 0.406 e. The Bertz CT molecular complexity index is 742. The number of rotatable bonds is 7. The Balaban J connectivity index is 1.48. The predicted octanol–water partition coefficient (Wildman–Crippen LogP) is 3.73. The van der Waals surface area contributed by atoms with Gasteiger partial charge >= 0.3 is 6.36 Å². The van der Waals surface area contributed by atoms with Gasteiger partial charge in [0.05, 0.1) is 0 Å². The molecule has 0 saturated heterocycles. The number of amides is 1. The molecule has 0 unspecified atom stereocenters. The first kappa shape index (κ1) is 18.0. The van der Waals surface area contributed by atoms with E-state index in [1.54, 1.807) is 18.3 Å². The maximum Gasteiger partial charge on any atom is 0.573 e. The number of halogens is 3. The first-order valence-electron chi connectivity index (χ1n) is 8.22. The molecule has 1 heterocycles. The molecule has 0 bridgehead atoms. The number of benzene rings is 1. The van der Waals surface area contributed by atoms with Crippen LogP contribution >= 0.6 is 0 Å². The van der Waals surface area contributed by atoms with E-state index >= 15 is 0 Å². The van der Waals surface area contributed by atoms with Gasteiger partial charge in [-0.1, -0.05) is 6.07 Å². The number of ether oxygens (including phenoxy) is 1. The van der Waals surface area contributed by atoms with Gasteiger partial charge < -0.3 is 15.4 Å². The second-order valence-electron chi connectivity index (χ2n) is 6.13. The average Bonchev–Trinajstić information content (AvgIpc) is 3.43. The molecular formula is C18H18F3N3O2. The van der Waals surface area contributed by atoms with E-state index in [2.05, 4.69) is 20.4 Å². The van der Waals surface area contributed by atoms with E-state index in [0.717, 1.165) is 5.56 Å². The van der Waals surface area contributed by atoms with Gasteiger partial charge in [-0.15, -0.1) is 13.2 Å². The number of alkyl halides is 3. The van der Waals surface area contributed by atoms with Crippen molar-refractivity contribution in [2.75, 3.05) is 11.9 Å². The molecule has 1 amide bonds. The van der Waals surface area contributed by atoms with Crippen LogP contribution in [0.4, 0.5) is 18.9 Å². The highest BCUT2D eigenvalue weighted by Gasteiger charge is 2.30. The summed E-state index contributed by atoms with van der Waals surface area (Å²) in [4.78, 5) is 16.1. The van der Waals surface area contributed by atoms with Gasteiger partial charge in [0, 0.05) is 25.0 Å². The number of carbonyl (C=O) groups is 1. The van der Waals surface area contributed by atoms with Crippen molar-refractivity contribution in [1.29, 1.82) is 0 Å². The number of anilines is 1. The zero-order valence-corrected chi connectivity index (χ0v) is 13.8. The maximum atomic E-state index is 12.1. The fourth-order valence-corrected chi connectivity index (χ4v) is 2.29. The van der Waals surface area contributed by atoms with Crippen LogP contribution in [0, 0.1) is 5.92 Å². The van der Waals surface area contributed by atoms with Gasteiger partial charge in [-0.3, -0.25) is 9.78 Å². The second kappa shape index (κ2) is 7.63. The highest BCUT2D eigenvalue weighted by Crippen LogP contribution is 2.27. The number of hydrogen-bond acceptors (Lipinski definition) is 4. The minimum absolute atomic E-state index is 0.184. The molecule has 1 aliphatic rings. The first-order chi connectivity index (χ1) is 12.4. The van der Waals surface area contributed by atoms with E-state index in [0.29, 0.717) is 30.4 Å². The third-order valence-electron chi connectivity index (χ3n) is 3.89. The molecule has 2 N–H and O–H groups in total. The third-order valence-corrected chi connectivity index (χ3v) is 3.89. The molecule has 1 aromatic heterocycles. The van der Waals surface area contributed by atoms with E-state index in [-0.39, 0.29) is 11.7 Å². The van der Waals surface area contributed by atoms with Crippen LogP contribution in [0.25, 0.3) is 0 Å². The molecule has 3 rings (SSSR count). The molecule has 5 nitrogen and oxygen atoms in total. The summed E-state index contributed by atoms with van der Waals surface area (Å²) in [7, 11) is 0. The van der Waals surface area contributed by atoms with Crippen molar-refractivity contribution in [3.8, 4) is 5.75 Å². The number of aromatic nitrogens is 1. The molecule has 0 atom stereocenters. The number of hydrogen-bond donors (Lipinski definition) is 2. The Morgan fingerprint density at radius 3 is 2.46 bits per heavy atom. The SMILES string of the molecule is O=C(NCC1CC1)c1ccc(CNc2ccc(OC(F)(F)F)cc2)cn1. The largest absolute Gasteiger partial charge is 0.573 e. The molecular weight excluding hydrogens is 347 g/mol. The van der Waals surface area contributed by atoms with Crippen molar-refractivity contribution >= 4 is 11.6 Å². The average molecular weight is 365 g/mol. The van der Waals surface area contributed by atoms with E-state index in [1.807, 2.05) is 0 Å². The molecule has 0 radical (unpaired) electrons. The Kier molecular flexibility index (Phi) is 5.29. The standard InChI is InChI=1S/C18H18F3N3O2/c19-18(20,21)26-15-6-4-14(5-7-15)22-10-13-3-8-16(23-11-13)17(25)24-9-12-1-2-12/h3-8,11-12,22H,1-2,9-10H2,(H,24,25). The number of nitrogens with one attached hydrogen (secondary N) is 2. The topological polar surface area (TPSA) is 63.2 Å². The molecule has 138 valence electrons. The molecule has 0 aliphatic heterocycles. The quantitative estimate of drug-likeness (QED) is 0.785. The normalized spacial score (nSPS) is 14.0. The van der Waals surface area contributed by atoms with Crippen LogP contribution in [0.1, 0.15) is 28.9 Å². The summed E-state index contributed by atoms with van der Waals surface area (Å²) in [6, 6.07) is 8.90. The number of nitrogens with zero attached hydrogens (tertiary/aromatic N) is 1. The number of pyridine rings is 1. The van der Waals surface area contributed by atoms with Crippen LogP contribution in [0.2, 0.25) is 0 Å². The van der Waals surface area contributed by atoms with E-state index < -0.39 is 6.36 Å². The summed E-state index contributed by atoms with van der Waals surface area (Å²) >= 11 is 0. The summed E-state index contributed by atoms with van der Waals surface area (Å²) in [6.45, 7) is 1.12. The summed E-state index contributed by atoms with van der Waals surface area (Å²) in [5.41, 5.74) is 1.85. The van der Waals surface area contributed by atoms with Crippen LogP contribution in [-0.2, 0) is 6.54 Å². The Morgan fingerprint density at radius 2 is 1.88 bits per heavy atom. The zero-order valence-electron chi connectivity index (χ0n) is 13.8. The van der Waals surface area contributed by atoms with E-state index in [9.17, 15) is 18.0 Å². The Labute approximate surface area is 148 Å². The predicted molar refractivity (Wildman–Crippen MR) is 89.7 cm³/mol. The number of carbonyl (C=O) groups excluding carboxylic acids is 1. The summed E-state index contributed by atoms with van der Waals surface area (Å²) in [5, 5.41) is 5.92. The van der Waals surface area contributed by atoms with Crippen molar-refractivity contribution in [3.63, 3.8) is 0 Å². The second-order valence-corrected chi connectivity index (χ2v) is 6.13. The lowest BCUT2D eigenvalue weighted by atomic mass is 10.2. The van der Waals surface area contributed by atoms with Gasteiger partial charge in [0.25, 0.3) is 5.91 Å². The maximum absolute atomic E-state index is 12.1. The molecule has 8 heteroatoms. The van der Waals surface area contributed by atoms with E-state index in [1.165, 1.54) is 37.1 Å². The zero-order chi connectivity index (χ0) is 18.6. The Morgan fingerprint density at radius 1 is 1.15 bits per heavy atom. The summed E-state index contributed by atoms with van der Waals surface area (Å²) < 4.78 is 40.2. The third kappa shape index (κ3) is 5.65. The van der Waals surface area contributed by atoms with Gasteiger partial charge in [0.1, 0.15) is 11.4 Å². The fourth-order valence-electron chi connectivity index (χ4n) is 2.29.